The number of benzene rings is 4. The Balaban J connectivity index is 1.72. The summed E-state index contributed by atoms with van der Waals surface area (Å²) in [5.41, 5.74) is -0.602. The summed E-state index contributed by atoms with van der Waals surface area (Å²) in [5, 5.41) is 9.55. The van der Waals surface area contributed by atoms with Gasteiger partial charge in [-0.3, -0.25) is 4.79 Å². The smallest absolute Gasteiger partial charge is 0.335 e. The molecule has 0 heterocycles. The predicted molar refractivity (Wildman–Crippen MR) is 178 cm³/mol. The molecule has 55 heavy (non-hydrogen) atoms. The number of amides is 1. The fraction of sp³-hybridized carbons (Fsp3) is 0.297. The Hall–Kier alpha value is -5.10. The summed E-state index contributed by atoms with van der Waals surface area (Å²) < 4.78 is 164. The number of aromatic carboxylic acids is 1. The number of hydrogen-bond donors (Lipinski definition) is 1. The topological polar surface area (TPSA) is 104 Å². The van der Waals surface area contributed by atoms with Crippen LogP contribution in [0.1, 0.15) is 72.1 Å². The van der Waals surface area contributed by atoms with E-state index in [4.69, 9.17) is 4.74 Å². The lowest BCUT2D eigenvalue weighted by Gasteiger charge is -2.30. The Bertz CT molecular complexity index is 2270. The molecule has 4 aromatic carbocycles. The number of carbonyl (C=O) groups excluding carboxylic acids is 1. The van der Waals surface area contributed by atoms with Crippen molar-refractivity contribution in [2.45, 2.75) is 62.9 Å². The fourth-order valence-electron chi connectivity index (χ4n) is 5.76. The van der Waals surface area contributed by atoms with Crippen molar-refractivity contribution in [3.8, 4) is 5.75 Å². The molecule has 294 valence electrons. The first-order chi connectivity index (χ1) is 25.6. The van der Waals surface area contributed by atoms with Gasteiger partial charge < -0.3 is 14.7 Å². The van der Waals surface area contributed by atoms with E-state index in [1.165, 1.54) is 0 Å². The summed E-state index contributed by atoms with van der Waals surface area (Å²) in [6.07, 6.45) is 1.72. The maximum atomic E-state index is 15.0. The third kappa shape index (κ3) is 8.15. The maximum absolute atomic E-state index is 15.0. The quantitative estimate of drug-likeness (QED) is 0.0880. The summed E-state index contributed by atoms with van der Waals surface area (Å²) >= 11 is 0. The van der Waals surface area contributed by atoms with Crippen LogP contribution in [0, 0.1) is 52.4 Å². The summed E-state index contributed by atoms with van der Waals surface area (Å²) in [5.74, 6) is -25.4. The number of carboxylic acid groups (broad SMARTS) is 1. The van der Waals surface area contributed by atoms with E-state index in [1.807, 2.05) is 26.8 Å². The first kappa shape index (κ1) is 41.1. The van der Waals surface area contributed by atoms with Gasteiger partial charge in [0.15, 0.2) is 51.4 Å². The van der Waals surface area contributed by atoms with Gasteiger partial charge in [0.25, 0.3) is 0 Å². The van der Waals surface area contributed by atoms with Crippen LogP contribution in [-0.2, 0) is 33.3 Å². The fourth-order valence-corrected chi connectivity index (χ4v) is 7.23. The van der Waals surface area contributed by atoms with Crippen LogP contribution in [0.4, 0.5) is 45.2 Å². The van der Waals surface area contributed by atoms with Gasteiger partial charge in [-0.25, -0.2) is 52.7 Å². The lowest BCUT2D eigenvalue weighted by atomic mass is 9.84. The van der Waals surface area contributed by atoms with Crippen molar-refractivity contribution >= 4 is 27.6 Å². The predicted octanol–water partition coefficient (Wildman–Crippen LogP) is 8.24. The van der Waals surface area contributed by atoms with E-state index in [2.05, 4.69) is 0 Å². The summed E-state index contributed by atoms with van der Waals surface area (Å²) in [4.78, 5) is 24.4. The first-order valence-corrected chi connectivity index (χ1v) is 17.7. The molecule has 4 aromatic rings. The summed E-state index contributed by atoms with van der Waals surface area (Å²) in [6.45, 7) is 1.66. The minimum Gasteiger partial charge on any atom is -0.495 e. The lowest BCUT2D eigenvalue weighted by Crippen LogP contribution is -2.43. The van der Waals surface area contributed by atoms with Crippen LogP contribution in [0.2, 0.25) is 0 Å². The normalized spacial score (nSPS) is 13.3. The molecule has 0 aromatic heterocycles. The van der Waals surface area contributed by atoms with Crippen LogP contribution in [0.5, 0.6) is 5.75 Å². The van der Waals surface area contributed by atoms with Gasteiger partial charge in [0.2, 0.25) is 21.7 Å². The van der Waals surface area contributed by atoms with Gasteiger partial charge in [0.05, 0.1) is 31.5 Å². The average molecular weight is 803 g/mol. The molecule has 0 radical (unpaired) electrons. The summed E-state index contributed by atoms with van der Waals surface area (Å²) in [6, 6.07) is 8.34. The number of carboxylic acids is 1. The van der Waals surface area contributed by atoms with Gasteiger partial charge in [0.1, 0.15) is 5.75 Å². The zero-order chi connectivity index (χ0) is 40.9. The van der Waals surface area contributed by atoms with Crippen LogP contribution in [-0.4, -0.2) is 43.4 Å². The molecule has 0 bridgehead atoms. The van der Waals surface area contributed by atoms with Crippen molar-refractivity contribution in [2.24, 2.45) is 0 Å². The van der Waals surface area contributed by atoms with E-state index in [9.17, 15) is 53.8 Å². The number of methoxy groups -OCH3 is 1. The largest absolute Gasteiger partial charge is 0.495 e. The van der Waals surface area contributed by atoms with Crippen LogP contribution >= 0.6 is 0 Å². The van der Waals surface area contributed by atoms with E-state index in [-0.39, 0.29) is 29.0 Å². The standard InChI is InChI=1S/C37H31F9N2O6S/c1-37(2,3)21-10-17(9-20(11-21)18-5-6-18)14-48(25-8-7-19(36(50)51)12-26(25)54-4)27(49)16-47(15-22-28(40)23(38)13-24(39)29(22)41)55(52,53)35-33(45)31(43)30(42)32(44)34(35)46/h7-13,18H,5-6,14-16H2,1-4H3,(H,50,51). The molecule has 8 nitrogen and oxygen atoms in total. The minimum absolute atomic E-state index is 0.174. The Morgan fingerprint density at radius 3 is 1.85 bits per heavy atom. The third-order valence-electron chi connectivity index (χ3n) is 8.91. The maximum Gasteiger partial charge on any atom is 0.335 e. The number of sulfonamides is 1. The number of hydrogen-bond acceptors (Lipinski definition) is 5. The highest BCUT2D eigenvalue weighted by molar-refractivity contribution is 7.89. The molecule has 18 heteroatoms. The molecule has 0 aliphatic heterocycles. The van der Waals surface area contributed by atoms with E-state index < -0.39 is 114 Å². The van der Waals surface area contributed by atoms with Gasteiger partial charge in [-0.1, -0.05) is 39.0 Å². The first-order valence-electron chi connectivity index (χ1n) is 16.3. The SMILES string of the molecule is COc1cc(C(=O)O)ccc1N(Cc1cc(C2CC2)cc(C(C)(C)C)c1)C(=O)CN(Cc1c(F)c(F)cc(F)c1F)S(=O)(=O)c1c(F)c(F)c(F)c(F)c1F. The molecule has 1 N–H and O–H groups in total. The number of nitrogens with zero attached hydrogens (tertiary/aromatic N) is 2. The Kier molecular flexibility index (Phi) is 11.4. The number of anilines is 1. The van der Waals surface area contributed by atoms with Crippen molar-refractivity contribution in [1.82, 2.24) is 4.31 Å². The monoisotopic (exact) mass is 802 g/mol. The van der Waals surface area contributed by atoms with Gasteiger partial charge >= 0.3 is 5.97 Å². The molecule has 1 amide bonds. The number of halogens is 9. The molecular formula is C37H31F9N2O6S. The van der Waals surface area contributed by atoms with Crippen molar-refractivity contribution in [3.63, 3.8) is 0 Å². The van der Waals surface area contributed by atoms with Crippen LogP contribution in [0.25, 0.3) is 0 Å². The number of rotatable bonds is 12. The van der Waals surface area contributed by atoms with Crippen LogP contribution in [0.15, 0.2) is 47.4 Å². The molecule has 0 saturated heterocycles. The van der Waals surface area contributed by atoms with Crippen molar-refractivity contribution in [1.29, 1.82) is 0 Å². The van der Waals surface area contributed by atoms with Crippen LogP contribution < -0.4 is 9.64 Å². The highest BCUT2D eigenvalue weighted by Gasteiger charge is 2.40. The third-order valence-corrected chi connectivity index (χ3v) is 10.7. The molecule has 1 aliphatic rings. The van der Waals surface area contributed by atoms with E-state index >= 15 is 8.78 Å². The zero-order valence-corrected chi connectivity index (χ0v) is 30.2. The highest BCUT2D eigenvalue weighted by atomic mass is 32.2. The Morgan fingerprint density at radius 1 is 0.782 bits per heavy atom. The van der Waals surface area contributed by atoms with Crippen molar-refractivity contribution in [2.75, 3.05) is 18.6 Å². The summed E-state index contributed by atoms with van der Waals surface area (Å²) in [7, 11) is -5.13. The second-order valence-corrected chi connectivity index (χ2v) is 15.7. The molecule has 0 spiro atoms. The second-order valence-electron chi connectivity index (χ2n) is 13.8. The van der Waals surface area contributed by atoms with E-state index in [1.54, 1.807) is 12.1 Å². The molecule has 1 saturated carbocycles. The highest BCUT2D eigenvalue weighted by Crippen LogP contribution is 2.42. The van der Waals surface area contributed by atoms with Crippen molar-refractivity contribution < 1.29 is 67.4 Å². The molecule has 1 aliphatic carbocycles. The second kappa shape index (κ2) is 15.2. The van der Waals surface area contributed by atoms with Gasteiger partial charge in [-0.2, -0.15) is 4.31 Å². The molecule has 0 atom stereocenters. The molecule has 0 unspecified atom stereocenters. The Labute approximate surface area is 308 Å². The van der Waals surface area contributed by atoms with Gasteiger partial charge in [-0.05, 0) is 59.1 Å². The number of carbonyl (C=O) groups is 2. The molecule has 1 fully saturated rings. The van der Waals surface area contributed by atoms with E-state index in [0.29, 0.717) is 5.56 Å². The average Bonchev–Trinajstić information content (AvgIpc) is 3.98. The van der Waals surface area contributed by atoms with Crippen LogP contribution in [0.3, 0.4) is 0 Å². The minimum atomic E-state index is -6.23. The molecular weight excluding hydrogens is 771 g/mol. The van der Waals surface area contributed by atoms with E-state index in [0.717, 1.165) is 54.2 Å². The zero-order valence-electron chi connectivity index (χ0n) is 29.3. The van der Waals surface area contributed by atoms with Gasteiger partial charge in [-0.15, -0.1) is 0 Å². The number of ether oxygens (including phenoxy) is 1. The van der Waals surface area contributed by atoms with Gasteiger partial charge in [0, 0.05) is 18.2 Å². The molecule has 5 rings (SSSR count). The van der Waals surface area contributed by atoms with Crippen molar-refractivity contribution in [3.05, 3.63) is 123 Å². The lowest BCUT2D eigenvalue weighted by molar-refractivity contribution is -0.119. The Morgan fingerprint density at radius 2 is 1.35 bits per heavy atom.